The Bertz CT molecular complexity index is 408. The van der Waals surface area contributed by atoms with Gasteiger partial charge in [-0.1, -0.05) is 0 Å². The fraction of sp³-hybridized carbons (Fsp3) is 0.636. The number of carboxylic acids is 2. The highest BCUT2D eigenvalue weighted by molar-refractivity contribution is 5.90. The monoisotopic (exact) mass is 270 g/mol. The summed E-state index contributed by atoms with van der Waals surface area (Å²) >= 11 is 0. The minimum absolute atomic E-state index is 0.108. The average molecular weight is 270 g/mol. The summed E-state index contributed by atoms with van der Waals surface area (Å²) in [4.78, 5) is 47.4. The van der Waals surface area contributed by atoms with Crippen molar-refractivity contribution in [3.63, 3.8) is 0 Å². The SMILES string of the molecule is O=C(O)[C@H]1CCC(=O)N1CN1C(=O)CC[C@@H]1C(=O)O. The zero-order valence-corrected chi connectivity index (χ0v) is 10.1. The summed E-state index contributed by atoms with van der Waals surface area (Å²) in [6, 6.07) is -1.95. The van der Waals surface area contributed by atoms with Gasteiger partial charge in [0.25, 0.3) is 0 Å². The number of aliphatic carboxylic acids is 2. The van der Waals surface area contributed by atoms with E-state index in [1.54, 1.807) is 0 Å². The van der Waals surface area contributed by atoms with E-state index >= 15 is 0 Å². The maximum absolute atomic E-state index is 11.6. The number of carbonyl (C=O) groups excluding carboxylic acids is 2. The number of likely N-dealkylation sites (tertiary alicyclic amines) is 2. The second kappa shape index (κ2) is 4.87. The molecule has 0 aromatic heterocycles. The highest BCUT2D eigenvalue weighted by Gasteiger charge is 2.42. The van der Waals surface area contributed by atoms with E-state index in [1.165, 1.54) is 0 Å². The van der Waals surface area contributed by atoms with E-state index in [9.17, 15) is 19.2 Å². The van der Waals surface area contributed by atoms with Crippen molar-refractivity contribution < 1.29 is 29.4 Å². The topological polar surface area (TPSA) is 115 Å². The van der Waals surface area contributed by atoms with Crippen LogP contribution in [-0.4, -0.2) is 62.5 Å². The molecule has 2 heterocycles. The van der Waals surface area contributed by atoms with E-state index in [2.05, 4.69) is 0 Å². The van der Waals surface area contributed by atoms with E-state index in [4.69, 9.17) is 10.2 Å². The Morgan fingerprint density at radius 2 is 1.32 bits per heavy atom. The Morgan fingerprint density at radius 3 is 1.63 bits per heavy atom. The van der Waals surface area contributed by atoms with E-state index in [-0.39, 0.29) is 44.2 Å². The van der Waals surface area contributed by atoms with Crippen molar-refractivity contribution in [2.45, 2.75) is 37.8 Å². The molecule has 104 valence electrons. The molecule has 8 heteroatoms. The van der Waals surface area contributed by atoms with Crippen molar-refractivity contribution in [2.75, 3.05) is 6.67 Å². The van der Waals surface area contributed by atoms with Gasteiger partial charge in [-0.3, -0.25) is 9.59 Å². The highest BCUT2D eigenvalue weighted by atomic mass is 16.4. The van der Waals surface area contributed by atoms with Crippen molar-refractivity contribution in [3.8, 4) is 0 Å². The van der Waals surface area contributed by atoms with Crippen molar-refractivity contribution in [1.29, 1.82) is 0 Å². The van der Waals surface area contributed by atoms with Crippen LogP contribution in [0.15, 0.2) is 0 Å². The molecule has 2 amide bonds. The zero-order chi connectivity index (χ0) is 14.2. The number of carboxylic acid groups (broad SMARTS) is 2. The minimum atomic E-state index is -1.13. The molecular formula is C11H14N2O6. The fourth-order valence-electron chi connectivity index (χ4n) is 2.50. The summed E-state index contributed by atoms with van der Waals surface area (Å²) in [6.07, 6.45) is 0.593. The molecule has 8 nitrogen and oxygen atoms in total. The van der Waals surface area contributed by atoms with Gasteiger partial charge in [-0.2, -0.15) is 0 Å². The lowest BCUT2D eigenvalue weighted by atomic mass is 10.2. The van der Waals surface area contributed by atoms with Gasteiger partial charge in [-0.25, -0.2) is 9.59 Å². The molecule has 2 fully saturated rings. The summed E-state index contributed by atoms with van der Waals surface area (Å²) in [5.74, 6) is -3.00. The first-order chi connectivity index (χ1) is 8.91. The Balaban J connectivity index is 2.14. The van der Waals surface area contributed by atoms with Crippen molar-refractivity contribution >= 4 is 23.8 Å². The molecule has 2 N–H and O–H groups in total. The third-order valence-corrected chi connectivity index (χ3v) is 3.53. The molecule has 0 aromatic carbocycles. The van der Waals surface area contributed by atoms with Crippen molar-refractivity contribution in [3.05, 3.63) is 0 Å². The largest absolute Gasteiger partial charge is 0.480 e. The van der Waals surface area contributed by atoms with Gasteiger partial charge >= 0.3 is 11.9 Å². The van der Waals surface area contributed by atoms with Gasteiger partial charge in [0.2, 0.25) is 11.8 Å². The molecule has 0 radical (unpaired) electrons. The van der Waals surface area contributed by atoms with Crippen LogP contribution in [0, 0.1) is 0 Å². The Labute approximate surface area is 108 Å². The second-order valence-corrected chi connectivity index (χ2v) is 4.65. The lowest BCUT2D eigenvalue weighted by molar-refractivity contribution is -0.153. The lowest BCUT2D eigenvalue weighted by Crippen LogP contribution is -2.50. The van der Waals surface area contributed by atoms with Crippen LogP contribution in [0.3, 0.4) is 0 Å². The first kappa shape index (κ1) is 13.3. The highest BCUT2D eigenvalue weighted by Crippen LogP contribution is 2.24. The summed E-state index contributed by atoms with van der Waals surface area (Å²) in [5, 5.41) is 18.0. The predicted octanol–water partition coefficient (Wildman–Crippen LogP) is -0.905. The Morgan fingerprint density at radius 1 is 0.947 bits per heavy atom. The van der Waals surface area contributed by atoms with Crippen LogP contribution in [0.2, 0.25) is 0 Å². The Kier molecular flexibility index (Phi) is 3.41. The van der Waals surface area contributed by atoms with E-state index < -0.39 is 24.0 Å². The third kappa shape index (κ3) is 2.38. The molecule has 0 saturated carbocycles. The van der Waals surface area contributed by atoms with Crippen LogP contribution in [0.25, 0.3) is 0 Å². The molecule has 0 aromatic rings. The molecule has 2 rings (SSSR count). The number of nitrogens with zero attached hydrogens (tertiary/aromatic N) is 2. The summed E-state index contributed by atoms with van der Waals surface area (Å²) in [5.41, 5.74) is 0. The normalized spacial score (nSPS) is 27.2. The van der Waals surface area contributed by atoms with Crippen LogP contribution in [0.5, 0.6) is 0 Å². The number of rotatable bonds is 4. The van der Waals surface area contributed by atoms with Gasteiger partial charge in [-0.05, 0) is 12.8 Å². The molecular weight excluding hydrogens is 256 g/mol. The number of hydrogen-bond acceptors (Lipinski definition) is 4. The molecule has 19 heavy (non-hydrogen) atoms. The maximum Gasteiger partial charge on any atom is 0.326 e. The van der Waals surface area contributed by atoms with Crippen LogP contribution in [0.4, 0.5) is 0 Å². The van der Waals surface area contributed by atoms with Crippen molar-refractivity contribution in [1.82, 2.24) is 9.80 Å². The van der Waals surface area contributed by atoms with Gasteiger partial charge in [0.05, 0.1) is 6.67 Å². The van der Waals surface area contributed by atoms with Crippen LogP contribution in [0.1, 0.15) is 25.7 Å². The minimum Gasteiger partial charge on any atom is -0.480 e. The number of amides is 2. The average Bonchev–Trinajstić information content (AvgIpc) is 2.85. The van der Waals surface area contributed by atoms with Crippen LogP contribution < -0.4 is 0 Å². The van der Waals surface area contributed by atoms with E-state index in [1.807, 2.05) is 0 Å². The number of carbonyl (C=O) groups is 4. The molecule has 0 spiro atoms. The molecule has 0 aliphatic carbocycles. The zero-order valence-electron chi connectivity index (χ0n) is 10.1. The van der Waals surface area contributed by atoms with Gasteiger partial charge < -0.3 is 20.0 Å². The summed E-state index contributed by atoms with van der Waals surface area (Å²) in [6.45, 7) is -0.258. The molecule has 2 aliphatic rings. The standard InChI is InChI=1S/C11H14N2O6/c14-8-3-1-6(10(16)17)12(8)5-13-7(11(18)19)2-4-9(13)15/h6-7H,1-5H2,(H,16,17)(H,18,19)/t6-,7-/m1/s1. The van der Waals surface area contributed by atoms with Gasteiger partial charge in [0, 0.05) is 12.8 Å². The second-order valence-electron chi connectivity index (χ2n) is 4.65. The predicted molar refractivity (Wildman–Crippen MR) is 59.9 cm³/mol. The molecule has 0 bridgehead atoms. The first-order valence-electron chi connectivity index (χ1n) is 5.96. The lowest BCUT2D eigenvalue weighted by Gasteiger charge is -2.29. The van der Waals surface area contributed by atoms with E-state index in [0.29, 0.717) is 0 Å². The van der Waals surface area contributed by atoms with Gasteiger partial charge in [0.15, 0.2) is 0 Å². The first-order valence-corrected chi connectivity index (χ1v) is 5.96. The smallest absolute Gasteiger partial charge is 0.326 e. The molecule has 2 saturated heterocycles. The molecule has 2 atom stereocenters. The van der Waals surface area contributed by atoms with Crippen molar-refractivity contribution in [2.24, 2.45) is 0 Å². The molecule has 0 unspecified atom stereocenters. The van der Waals surface area contributed by atoms with E-state index in [0.717, 1.165) is 9.80 Å². The summed E-state index contributed by atoms with van der Waals surface area (Å²) in [7, 11) is 0. The maximum atomic E-state index is 11.6. The third-order valence-electron chi connectivity index (χ3n) is 3.53. The van der Waals surface area contributed by atoms with Gasteiger partial charge in [-0.15, -0.1) is 0 Å². The van der Waals surface area contributed by atoms with Crippen LogP contribution in [-0.2, 0) is 19.2 Å². The summed E-state index contributed by atoms with van der Waals surface area (Å²) < 4.78 is 0. The number of hydrogen-bond donors (Lipinski definition) is 2. The quantitative estimate of drug-likeness (QED) is 0.683. The fourth-order valence-corrected chi connectivity index (χ4v) is 2.50. The van der Waals surface area contributed by atoms with Gasteiger partial charge in [0.1, 0.15) is 12.1 Å². The van der Waals surface area contributed by atoms with Crippen LogP contribution >= 0.6 is 0 Å². The molecule has 2 aliphatic heterocycles. The Hall–Kier alpha value is -2.12.